The molecular weight excluding hydrogens is 238 g/mol. The van der Waals surface area contributed by atoms with Crippen molar-refractivity contribution in [3.8, 4) is 0 Å². The Balaban J connectivity index is 2.34. The van der Waals surface area contributed by atoms with Crippen LogP contribution in [0, 0.1) is 10.1 Å². The minimum Gasteiger partial charge on any atom is -0.493 e. The summed E-state index contributed by atoms with van der Waals surface area (Å²) < 4.78 is 10.7. The van der Waals surface area contributed by atoms with Crippen molar-refractivity contribution in [1.82, 2.24) is 0 Å². The van der Waals surface area contributed by atoms with Crippen LogP contribution in [0.4, 0.5) is 0 Å². The van der Waals surface area contributed by atoms with Crippen molar-refractivity contribution in [2.24, 2.45) is 0 Å². The lowest BCUT2D eigenvalue weighted by Crippen LogP contribution is -2.32. The van der Waals surface area contributed by atoms with E-state index >= 15 is 0 Å². The zero-order valence-electron chi connectivity index (χ0n) is 10.6. The monoisotopic (exact) mass is 253 g/mol. The molecule has 2 aliphatic rings. The van der Waals surface area contributed by atoms with Crippen LogP contribution in [0.5, 0.6) is 0 Å². The zero-order chi connectivity index (χ0) is 13.5. The fraction of sp³-hybridized carbons (Fsp3) is 0.583. The first-order chi connectivity index (χ1) is 8.37. The number of nitrogens with zero attached hydrogens (tertiary/aromatic N) is 1. The number of nitro groups is 1. The number of carbonyl (C=O) groups is 1. The number of hydrogen-bond acceptors (Lipinski definition) is 5. The Labute approximate surface area is 104 Å². The zero-order valence-corrected chi connectivity index (χ0v) is 10.6. The van der Waals surface area contributed by atoms with Crippen molar-refractivity contribution in [3.63, 3.8) is 0 Å². The first kappa shape index (κ1) is 12.8. The summed E-state index contributed by atoms with van der Waals surface area (Å²) in [6, 6.07) is 0. The van der Waals surface area contributed by atoms with Crippen LogP contribution in [-0.4, -0.2) is 36.1 Å². The van der Waals surface area contributed by atoms with Crippen molar-refractivity contribution in [2.75, 3.05) is 13.7 Å². The molecule has 6 nitrogen and oxygen atoms in total. The lowest BCUT2D eigenvalue weighted by molar-refractivity contribution is -0.491. The first-order valence-electron chi connectivity index (χ1n) is 5.69. The first-order valence-corrected chi connectivity index (χ1v) is 5.69. The van der Waals surface area contributed by atoms with Gasteiger partial charge in [-0.2, -0.15) is 0 Å². The van der Waals surface area contributed by atoms with Crippen molar-refractivity contribution >= 4 is 5.78 Å². The Kier molecular flexibility index (Phi) is 2.98. The van der Waals surface area contributed by atoms with Gasteiger partial charge in [-0.25, -0.2) is 0 Å². The van der Waals surface area contributed by atoms with E-state index in [0.717, 1.165) is 5.57 Å². The fourth-order valence-electron chi connectivity index (χ4n) is 2.59. The van der Waals surface area contributed by atoms with Gasteiger partial charge < -0.3 is 9.47 Å². The van der Waals surface area contributed by atoms with Gasteiger partial charge in [0, 0.05) is 16.9 Å². The molecule has 1 heterocycles. The van der Waals surface area contributed by atoms with Crippen LogP contribution in [-0.2, 0) is 14.3 Å². The molecule has 0 aromatic rings. The molecule has 0 bridgehead atoms. The van der Waals surface area contributed by atoms with Crippen LogP contribution in [0.25, 0.3) is 0 Å². The lowest BCUT2D eigenvalue weighted by atomic mass is 9.84. The van der Waals surface area contributed by atoms with Crippen LogP contribution in [0.1, 0.15) is 20.3 Å². The van der Waals surface area contributed by atoms with Gasteiger partial charge in [-0.05, 0) is 25.5 Å². The summed E-state index contributed by atoms with van der Waals surface area (Å²) >= 11 is 0. The molecule has 98 valence electrons. The van der Waals surface area contributed by atoms with E-state index in [0.29, 0.717) is 12.0 Å². The molecule has 2 rings (SSSR count). The quantitative estimate of drug-likeness (QED) is 0.558. The number of fused-ring (bicyclic) bond motifs is 1. The van der Waals surface area contributed by atoms with E-state index in [1.165, 1.54) is 7.11 Å². The smallest absolute Gasteiger partial charge is 0.230 e. The number of hydrogen-bond donors (Lipinski definition) is 0. The third kappa shape index (κ3) is 1.92. The van der Waals surface area contributed by atoms with E-state index in [4.69, 9.17) is 9.47 Å². The van der Waals surface area contributed by atoms with Gasteiger partial charge in [0.15, 0.2) is 5.76 Å². The highest BCUT2D eigenvalue weighted by Crippen LogP contribution is 2.42. The van der Waals surface area contributed by atoms with Gasteiger partial charge in [0.05, 0.1) is 7.11 Å². The second-order valence-corrected chi connectivity index (χ2v) is 4.71. The predicted molar refractivity (Wildman–Crippen MR) is 62.6 cm³/mol. The molecule has 0 aromatic carbocycles. The fourth-order valence-corrected chi connectivity index (χ4v) is 2.59. The third-order valence-corrected chi connectivity index (χ3v) is 3.44. The van der Waals surface area contributed by atoms with Crippen molar-refractivity contribution in [1.29, 1.82) is 0 Å². The van der Waals surface area contributed by atoms with Gasteiger partial charge in [-0.1, -0.05) is 0 Å². The second-order valence-electron chi connectivity index (χ2n) is 4.71. The van der Waals surface area contributed by atoms with Crippen molar-refractivity contribution in [2.45, 2.75) is 32.0 Å². The Hall–Kier alpha value is -1.69. The molecule has 1 aliphatic carbocycles. The molecule has 0 saturated carbocycles. The summed E-state index contributed by atoms with van der Waals surface area (Å²) in [5.41, 5.74) is 0.632. The predicted octanol–water partition coefficient (Wildman–Crippen LogP) is 1.24. The molecule has 1 aliphatic heterocycles. The van der Waals surface area contributed by atoms with Gasteiger partial charge in [0.2, 0.25) is 12.3 Å². The average Bonchev–Trinajstić information content (AvgIpc) is 2.60. The molecule has 0 N–H and O–H groups in total. The van der Waals surface area contributed by atoms with Crippen molar-refractivity contribution < 1.29 is 19.2 Å². The van der Waals surface area contributed by atoms with E-state index < -0.39 is 16.6 Å². The summed E-state index contributed by atoms with van der Waals surface area (Å²) in [5, 5.41) is 10.5. The largest absolute Gasteiger partial charge is 0.493 e. The van der Waals surface area contributed by atoms with Crippen LogP contribution in [0.15, 0.2) is 23.0 Å². The highest BCUT2D eigenvalue weighted by Gasteiger charge is 2.46. The molecule has 1 fully saturated rings. The molecule has 0 amide bonds. The number of rotatable bonds is 3. The molecule has 0 unspecified atom stereocenters. The maximum atomic E-state index is 11.9. The molecular formula is C12H15NO5. The Bertz CT molecular complexity index is 479. The Morgan fingerprint density at radius 3 is 2.89 bits per heavy atom. The van der Waals surface area contributed by atoms with Gasteiger partial charge in [0.25, 0.3) is 0 Å². The van der Waals surface area contributed by atoms with Crippen LogP contribution in [0.2, 0.25) is 0 Å². The van der Waals surface area contributed by atoms with Gasteiger partial charge >= 0.3 is 0 Å². The topological polar surface area (TPSA) is 78.7 Å². The Morgan fingerprint density at radius 2 is 2.33 bits per heavy atom. The van der Waals surface area contributed by atoms with E-state index in [-0.39, 0.29) is 18.1 Å². The van der Waals surface area contributed by atoms with Crippen LogP contribution >= 0.6 is 0 Å². The van der Waals surface area contributed by atoms with Gasteiger partial charge in [0.1, 0.15) is 11.7 Å². The van der Waals surface area contributed by atoms with Gasteiger partial charge in [-0.3, -0.25) is 14.9 Å². The molecule has 1 saturated heterocycles. The molecule has 2 atom stereocenters. The SMILES string of the molecule is COC1=C[C@@]2(C)O[C@@H](C[N+](=O)[O-])CC2=C(C)C1=O. The van der Waals surface area contributed by atoms with E-state index in [2.05, 4.69) is 0 Å². The highest BCUT2D eigenvalue weighted by atomic mass is 16.6. The van der Waals surface area contributed by atoms with Crippen LogP contribution in [0.3, 0.4) is 0 Å². The number of methoxy groups -OCH3 is 1. The van der Waals surface area contributed by atoms with E-state index in [9.17, 15) is 14.9 Å². The van der Waals surface area contributed by atoms with E-state index in [1.54, 1.807) is 19.9 Å². The summed E-state index contributed by atoms with van der Waals surface area (Å²) in [7, 11) is 1.43. The average molecular weight is 253 g/mol. The number of Topliss-reactive ketones (excluding diaryl/α,β-unsaturated/α-hetero) is 1. The summed E-state index contributed by atoms with van der Waals surface area (Å²) in [6.07, 6.45) is 1.54. The summed E-state index contributed by atoms with van der Waals surface area (Å²) in [6.45, 7) is 3.26. The number of ether oxygens (including phenoxy) is 2. The summed E-state index contributed by atoms with van der Waals surface area (Å²) in [4.78, 5) is 22.1. The molecule has 0 spiro atoms. The minimum absolute atomic E-state index is 0.171. The van der Waals surface area contributed by atoms with Crippen molar-refractivity contribution in [3.05, 3.63) is 33.1 Å². The number of allylic oxidation sites excluding steroid dienone is 1. The third-order valence-electron chi connectivity index (χ3n) is 3.44. The molecule has 6 heteroatoms. The maximum absolute atomic E-state index is 11.9. The standard InChI is InChI=1S/C12H15NO5/c1-7-9-4-8(6-13(15)16)18-12(9,2)5-10(17-3)11(7)14/h5,8H,4,6H2,1-3H3/t8-,12-/m1/s1. The minimum atomic E-state index is -0.760. The lowest BCUT2D eigenvalue weighted by Gasteiger charge is -2.28. The Morgan fingerprint density at radius 1 is 1.67 bits per heavy atom. The summed E-state index contributed by atoms with van der Waals surface area (Å²) in [5.74, 6) is 0.0656. The van der Waals surface area contributed by atoms with Gasteiger partial charge in [-0.15, -0.1) is 0 Å². The number of carbonyl (C=O) groups excluding carboxylic acids is 1. The molecule has 18 heavy (non-hydrogen) atoms. The van der Waals surface area contributed by atoms with E-state index in [1.807, 2.05) is 0 Å². The maximum Gasteiger partial charge on any atom is 0.230 e. The molecule has 0 aromatic heterocycles. The second kappa shape index (κ2) is 4.20. The highest BCUT2D eigenvalue weighted by molar-refractivity contribution is 6.08. The number of ketones is 1. The molecule has 0 radical (unpaired) electrons. The normalized spacial score (nSPS) is 31.2. The van der Waals surface area contributed by atoms with Crippen LogP contribution < -0.4 is 0 Å².